The zero-order valence-electron chi connectivity index (χ0n) is 16.2. The van der Waals surface area contributed by atoms with E-state index < -0.39 is 6.04 Å². The van der Waals surface area contributed by atoms with Gasteiger partial charge in [-0.3, -0.25) is 4.79 Å². The second-order valence-electron chi connectivity index (χ2n) is 7.30. The van der Waals surface area contributed by atoms with Crippen LogP contribution in [-0.4, -0.2) is 25.1 Å². The molecule has 0 aromatic heterocycles. The van der Waals surface area contributed by atoms with Crippen molar-refractivity contribution >= 4 is 22.4 Å². The van der Waals surface area contributed by atoms with E-state index in [1.807, 2.05) is 87.4 Å². The molecule has 3 rings (SSSR count). The van der Waals surface area contributed by atoms with Gasteiger partial charge < -0.3 is 15.3 Å². The van der Waals surface area contributed by atoms with E-state index in [9.17, 15) is 9.90 Å². The van der Waals surface area contributed by atoms with Crippen LogP contribution in [0.1, 0.15) is 31.0 Å². The molecule has 2 N–H and O–H groups in total. The van der Waals surface area contributed by atoms with Crippen LogP contribution in [0.4, 0.5) is 5.69 Å². The molecule has 1 unspecified atom stereocenters. The molecule has 27 heavy (non-hydrogen) atoms. The fraction of sp³-hybridized carbons (Fsp3) is 0.261. The maximum atomic E-state index is 12.5. The molecule has 0 saturated heterocycles. The Morgan fingerprint density at radius 2 is 1.63 bits per heavy atom. The van der Waals surface area contributed by atoms with E-state index in [1.165, 1.54) is 0 Å². The largest absolute Gasteiger partial charge is 0.508 e. The minimum atomic E-state index is -0.429. The van der Waals surface area contributed by atoms with Gasteiger partial charge in [0.1, 0.15) is 5.75 Å². The number of rotatable bonds is 5. The maximum Gasteiger partial charge on any atom is 0.223 e. The number of nitrogens with one attached hydrogen (secondary N) is 1. The Kier molecular flexibility index (Phi) is 5.36. The standard InChI is InChI=1S/C23H26N2O2/c1-15(2)23(27)24-22(17-9-12-18(13-10-17)25(3)4)21-19-8-6-5-7-16(19)11-14-20(21)26/h5-15,22,26H,1-4H3,(H,24,27). The lowest BCUT2D eigenvalue weighted by atomic mass is 9.92. The maximum absolute atomic E-state index is 12.5. The van der Waals surface area contributed by atoms with E-state index in [-0.39, 0.29) is 17.6 Å². The van der Waals surface area contributed by atoms with Crippen LogP contribution >= 0.6 is 0 Å². The first-order valence-corrected chi connectivity index (χ1v) is 9.16. The van der Waals surface area contributed by atoms with Crippen molar-refractivity contribution in [3.63, 3.8) is 0 Å². The molecule has 0 spiro atoms. The summed E-state index contributed by atoms with van der Waals surface area (Å²) < 4.78 is 0. The lowest BCUT2D eigenvalue weighted by Gasteiger charge is -2.24. The Bertz CT molecular complexity index is 946. The molecule has 0 aliphatic rings. The number of carbonyl (C=O) groups excluding carboxylic acids is 1. The summed E-state index contributed by atoms with van der Waals surface area (Å²) in [5.74, 6) is -0.0193. The minimum Gasteiger partial charge on any atom is -0.508 e. The number of amides is 1. The number of carbonyl (C=O) groups is 1. The van der Waals surface area contributed by atoms with Crippen molar-refractivity contribution in [2.24, 2.45) is 5.92 Å². The summed E-state index contributed by atoms with van der Waals surface area (Å²) in [6.45, 7) is 3.73. The number of hydrogen-bond acceptors (Lipinski definition) is 3. The van der Waals surface area contributed by atoms with Crippen LogP contribution in [0.3, 0.4) is 0 Å². The number of benzene rings is 3. The first-order chi connectivity index (χ1) is 12.9. The average molecular weight is 362 g/mol. The highest BCUT2D eigenvalue weighted by atomic mass is 16.3. The number of phenols is 1. The summed E-state index contributed by atoms with van der Waals surface area (Å²) >= 11 is 0. The van der Waals surface area contributed by atoms with E-state index in [4.69, 9.17) is 0 Å². The van der Waals surface area contributed by atoms with E-state index in [0.29, 0.717) is 0 Å². The Morgan fingerprint density at radius 1 is 0.963 bits per heavy atom. The van der Waals surface area contributed by atoms with Crippen LogP contribution in [0.15, 0.2) is 60.7 Å². The molecule has 0 bridgehead atoms. The van der Waals surface area contributed by atoms with Crippen molar-refractivity contribution in [2.75, 3.05) is 19.0 Å². The Morgan fingerprint density at radius 3 is 2.26 bits per heavy atom. The van der Waals surface area contributed by atoms with Crippen LogP contribution in [0.5, 0.6) is 5.75 Å². The molecule has 0 aliphatic heterocycles. The van der Waals surface area contributed by atoms with Gasteiger partial charge in [0.25, 0.3) is 0 Å². The monoisotopic (exact) mass is 362 g/mol. The van der Waals surface area contributed by atoms with Gasteiger partial charge in [0.05, 0.1) is 6.04 Å². The van der Waals surface area contributed by atoms with Gasteiger partial charge in [-0.25, -0.2) is 0 Å². The van der Waals surface area contributed by atoms with Crippen LogP contribution in [-0.2, 0) is 4.79 Å². The molecule has 3 aromatic rings. The highest BCUT2D eigenvalue weighted by molar-refractivity contribution is 5.89. The van der Waals surface area contributed by atoms with Crippen LogP contribution in [0.2, 0.25) is 0 Å². The van der Waals surface area contributed by atoms with E-state index in [1.54, 1.807) is 6.07 Å². The predicted molar refractivity (Wildman–Crippen MR) is 111 cm³/mol. The molecule has 0 aliphatic carbocycles. The predicted octanol–water partition coefficient (Wildman–Crippen LogP) is 4.47. The van der Waals surface area contributed by atoms with Crippen LogP contribution in [0.25, 0.3) is 10.8 Å². The van der Waals surface area contributed by atoms with Crippen LogP contribution < -0.4 is 10.2 Å². The molecule has 1 amide bonds. The number of anilines is 1. The smallest absolute Gasteiger partial charge is 0.223 e. The lowest BCUT2D eigenvalue weighted by Crippen LogP contribution is -2.32. The summed E-state index contributed by atoms with van der Waals surface area (Å²) in [5.41, 5.74) is 2.73. The van der Waals surface area contributed by atoms with E-state index in [2.05, 4.69) is 5.32 Å². The lowest BCUT2D eigenvalue weighted by molar-refractivity contribution is -0.124. The van der Waals surface area contributed by atoms with Gasteiger partial charge in [0, 0.05) is 31.3 Å². The molecular weight excluding hydrogens is 336 g/mol. The third-order valence-electron chi connectivity index (χ3n) is 4.79. The summed E-state index contributed by atoms with van der Waals surface area (Å²) in [5, 5.41) is 15.8. The SMILES string of the molecule is CC(C)C(=O)NC(c1ccc(N(C)C)cc1)c1c(O)ccc2ccccc12. The summed E-state index contributed by atoms with van der Waals surface area (Å²) in [7, 11) is 3.98. The Balaban J connectivity index is 2.16. The molecule has 4 nitrogen and oxygen atoms in total. The zero-order valence-corrected chi connectivity index (χ0v) is 16.2. The van der Waals surface area contributed by atoms with E-state index >= 15 is 0 Å². The number of phenolic OH excluding ortho intramolecular Hbond substituents is 1. The van der Waals surface area contributed by atoms with Gasteiger partial charge in [0.2, 0.25) is 5.91 Å². The van der Waals surface area contributed by atoms with Gasteiger partial charge >= 0.3 is 0 Å². The van der Waals surface area contributed by atoms with Gasteiger partial charge in [0.15, 0.2) is 0 Å². The van der Waals surface area contributed by atoms with Crippen molar-refractivity contribution < 1.29 is 9.90 Å². The molecule has 0 radical (unpaired) electrons. The van der Waals surface area contributed by atoms with Crippen molar-refractivity contribution in [1.82, 2.24) is 5.32 Å². The number of fused-ring (bicyclic) bond motifs is 1. The fourth-order valence-corrected chi connectivity index (χ4v) is 3.18. The van der Waals surface area contributed by atoms with Crippen molar-refractivity contribution in [3.05, 3.63) is 71.8 Å². The first kappa shape index (κ1) is 18.8. The molecular formula is C23H26N2O2. The molecule has 4 heteroatoms. The van der Waals surface area contributed by atoms with Gasteiger partial charge in [-0.15, -0.1) is 0 Å². The normalized spacial score (nSPS) is 12.2. The number of aromatic hydroxyl groups is 1. The average Bonchev–Trinajstić information content (AvgIpc) is 2.66. The Labute approximate surface area is 160 Å². The van der Waals surface area contributed by atoms with Gasteiger partial charge in [-0.1, -0.05) is 56.3 Å². The zero-order chi connectivity index (χ0) is 19.6. The van der Waals surface area contributed by atoms with E-state index in [0.717, 1.165) is 27.6 Å². The van der Waals surface area contributed by atoms with Gasteiger partial charge in [-0.05, 0) is 34.5 Å². The summed E-state index contributed by atoms with van der Waals surface area (Å²) in [6, 6.07) is 19.1. The first-order valence-electron chi connectivity index (χ1n) is 9.16. The summed E-state index contributed by atoms with van der Waals surface area (Å²) in [4.78, 5) is 14.6. The highest BCUT2D eigenvalue weighted by Crippen LogP contribution is 2.36. The molecule has 0 saturated carbocycles. The van der Waals surface area contributed by atoms with Crippen molar-refractivity contribution in [1.29, 1.82) is 0 Å². The molecule has 0 fully saturated rings. The Hall–Kier alpha value is -3.01. The molecule has 1 atom stereocenters. The molecule has 3 aromatic carbocycles. The van der Waals surface area contributed by atoms with Gasteiger partial charge in [-0.2, -0.15) is 0 Å². The number of nitrogens with zero attached hydrogens (tertiary/aromatic N) is 1. The number of hydrogen-bond donors (Lipinski definition) is 2. The molecule has 0 heterocycles. The third kappa shape index (κ3) is 3.90. The van der Waals surface area contributed by atoms with Crippen molar-refractivity contribution in [3.8, 4) is 5.75 Å². The second-order valence-corrected chi connectivity index (χ2v) is 7.30. The quantitative estimate of drug-likeness (QED) is 0.704. The molecule has 140 valence electrons. The van der Waals surface area contributed by atoms with Crippen molar-refractivity contribution in [2.45, 2.75) is 19.9 Å². The second kappa shape index (κ2) is 7.70. The highest BCUT2D eigenvalue weighted by Gasteiger charge is 2.23. The topological polar surface area (TPSA) is 52.6 Å². The third-order valence-corrected chi connectivity index (χ3v) is 4.79. The fourth-order valence-electron chi connectivity index (χ4n) is 3.18. The minimum absolute atomic E-state index is 0.0518. The summed E-state index contributed by atoms with van der Waals surface area (Å²) in [6.07, 6.45) is 0. The van der Waals surface area contributed by atoms with Crippen LogP contribution in [0, 0.1) is 5.92 Å².